The predicted molar refractivity (Wildman–Crippen MR) is 89.4 cm³/mol. The molecule has 2 rings (SSSR count). The Morgan fingerprint density at radius 2 is 1.85 bits per heavy atom. The number of para-hydroxylation sites is 2. The second-order valence-corrected chi connectivity index (χ2v) is 4.70. The zero-order valence-electron chi connectivity index (χ0n) is 11.9. The largest absolute Gasteiger partial charge is 0.368 e. The standard InChI is InChI=1S/C14H21N3O.2ClH/c1-3-16-8-9-17(14(18)11(2)10-15)13-7-5-4-6-12(13)16;;/h4-7,11H,3,8-10,15H2,1-2H3;2*1H. The van der Waals surface area contributed by atoms with Crippen LogP contribution in [-0.2, 0) is 4.79 Å². The maximum absolute atomic E-state index is 12.3. The van der Waals surface area contributed by atoms with E-state index in [1.165, 1.54) is 0 Å². The van der Waals surface area contributed by atoms with E-state index in [0.717, 1.165) is 31.0 Å². The maximum Gasteiger partial charge on any atom is 0.231 e. The molecule has 4 nitrogen and oxygen atoms in total. The molecular formula is C14H23Cl2N3O. The quantitative estimate of drug-likeness (QED) is 0.930. The molecule has 0 saturated heterocycles. The number of carbonyl (C=O) groups excluding carboxylic acids is 1. The van der Waals surface area contributed by atoms with Gasteiger partial charge < -0.3 is 15.5 Å². The van der Waals surface area contributed by atoms with Gasteiger partial charge in [-0.15, -0.1) is 24.8 Å². The lowest BCUT2D eigenvalue weighted by Crippen LogP contribution is -2.46. The molecule has 0 aliphatic carbocycles. The highest BCUT2D eigenvalue weighted by molar-refractivity contribution is 5.99. The first-order chi connectivity index (χ1) is 8.69. The third-order valence-corrected chi connectivity index (χ3v) is 3.53. The van der Waals surface area contributed by atoms with Crippen LogP contribution in [0.1, 0.15) is 13.8 Å². The van der Waals surface area contributed by atoms with Crippen molar-refractivity contribution < 1.29 is 4.79 Å². The summed E-state index contributed by atoms with van der Waals surface area (Å²) >= 11 is 0. The topological polar surface area (TPSA) is 49.6 Å². The van der Waals surface area contributed by atoms with Gasteiger partial charge in [-0.25, -0.2) is 0 Å². The normalized spacial score (nSPS) is 14.8. The summed E-state index contributed by atoms with van der Waals surface area (Å²) in [5, 5.41) is 0. The molecule has 1 atom stereocenters. The first-order valence-corrected chi connectivity index (χ1v) is 6.54. The Morgan fingerprint density at radius 1 is 1.25 bits per heavy atom. The molecule has 2 N–H and O–H groups in total. The molecule has 0 bridgehead atoms. The highest BCUT2D eigenvalue weighted by Gasteiger charge is 2.27. The molecule has 1 aliphatic heterocycles. The monoisotopic (exact) mass is 319 g/mol. The van der Waals surface area contributed by atoms with E-state index >= 15 is 0 Å². The summed E-state index contributed by atoms with van der Waals surface area (Å²) in [7, 11) is 0. The summed E-state index contributed by atoms with van der Waals surface area (Å²) in [6, 6.07) is 8.08. The van der Waals surface area contributed by atoms with Crippen molar-refractivity contribution >= 4 is 42.1 Å². The van der Waals surface area contributed by atoms with E-state index in [-0.39, 0.29) is 36.6 Å². The Kier molecular flexibility index (Phi) is 7.94. The van der Waals surface area contributed by atoms with Crippen molar-refractivity contribution in [1.29, 1.82) is 0 Å². The number of carbonyl (C=O) groups is 1. The van der Waals surface area contributed by atoms with E-state index < -0.39 is 0 Å². The molecule has 1 aliphatic rings. The summed E-state index contributed by atoms with van der Waals surface area (Å²) < 4.78 is 0. The van der Waals surface area contributed by atoms with Crippen LogP contribution in [0.4, 0.5) is 11.4 Å². The second-order valence-electron chi connectivity index (χ2n) is 4.70. The van der Waals surface area contributed by atoms with Crippen LogP contribution in [0, 0.1) is 5.92 Å². The third-order valence-electron chi connectivity index (χ3n) is 3.53. The number of amides is 1. The van der Waals surface area contributed by atoms with Crippen LogP contribution in [-0.4, -0.2) is 32.1 Å². The minimum Gasteiger partial charge on any atom is -0.368 e. The number of anilines is 2. The van der Waals surface area contributed by atoms with Gasteiger partial charge in [0.1, 0.15) is 0 Å². The number of hydrogen-bond acceptors (Lipinski definition) is 3. The smallest absolute Gasteiger partial charge is 0.231 e. The van der Waals surface area contributed by atoms with Crippen molar-refractivity contribution in [3.8, 4) is 0 Å². The molecule has 0 fully saturated rings. The molecule has 0 saturated carbocycles. The average molecular weight is 320 g/mol. The summed E-state index contributed by atoms with van der Waals surface area (Å²) in [6.07, 6.45) is 0. The van der Waals surface area contributed by atoms with Gasteiger partial charge in [-0.3, -0.25) is 4.79 Å². The number of fused-ring (bicyclic) bond motifs is 1. The van der Waals surface area contributed by atoms with E-state index in [1.54, 1.807) is 0 Å². The Hall–Kier alpha value is -0.970. The average Bonchev–Trinajstić information content (AvgIpc) is 2.44. The summed E-state index contributed by atoms with van der Waals surface area (Å²) in [4.78, 5) is 16.5. The Morgan fingerprint density at radius 3 is 2.40 bits per heavy atom. The van der Waals surface area contributed by atoms with Gasteiger partial charge in [-0.05, 0) is 19.1 Å². The molecular weight excluding hydrogens is 297 g/mol. The van der Waals surface area contributed by atoms with Crippen LogP contribution in [0.5, 0.6) is 0 Å². The van der Waals surface area contributed by atoms with Gasteiger partial charge in [-0.1, -0.05) is 19.1 Å². The van der Waals surface area contributed by atoms with Crippen LogP contribution in [0.25, 0.3) is 0 Å². The van der Waals surface area contributed by atoms with Gasteiger partial charge in [-0.2, -0.15) is 0 Å². The van der Waals surface area contributed by atoms with Crippen molar-refractivity contribution in [3.05, 3.63) is 24.3 Å². The van der Waals surface area contributed by atoms with E-state index in [0.29, 0.717) is 6.54 Å². The molecule has 1 unspecified atom stereocenters. The molecule has 1 heterocycles. The lowest BCUT2D eigenvalue weighted by molar-refractivity contribution is -0.121. The first-order valence-electron chi connectivity index (χ1n) is 6.54. The fourth-order valence-electron chi connectivity index (χ4n) is 2.35. The fourth-order valence-corrected chi connectivity index (χ4v) is 2.35. The Balaban J connectivity index is 0.00000180. The number of nitrogens with two attached hydrogens (primary N) is 1. The van der Waals surface area contributed by atoms with Crippen LogP contribution in [0.3, 0.4) is 0 Å². The van der Waals surface area contributed by atoms with E-state index in [1.807, 2.05) is 30.0 Å². The number of rotatable bonds is 3. The summed E-state index contributed by atoms with van der Waals surface area (Å²) in [6.45, 7) is 7.01. The molecule has 1 aromatic carbocycles. The van der Waals surface area contributed by atoms with E-state index in [4.69, 9.17) is 5.73 Å². The highest BCUT2D eigenvalue weighted by Crippen LogP contribution is 2.33. The Bertz CT molecular complexity index is 442. The van der Waals surface area contributed by atoms with Gasteiger partial charge in [0.2, 0.25) is 5.91 Å². The zero-order valence-corrected chi connectivity index (χ0v) is 13.5. The molecule has 114 valence electrons. The number of hydrogen-bond donors (Lipinski definition) is 1. The van der Waals surface area contributed by atoms with Crippen molar-refractivity contribution in [2.75, 3.05) is 36.0 Å². The zero-order chi connectivity index (χ0) is 13.1. The first kappa shape index (κ1) is 19.0. The fraction of sp³-hybridized carbons (Fsp3) is 0.500. The maximum atomic E-state index is 12.3. The van der Waals surface area contributed by atoms with Gasteiger partial charge in [0.05, 0.1) is 11.4 Å². The van der Waals surface area contributed by atoms with E-state index in [9.17, 15) is 4.79 Å². The molecule has 0 radical (unpaired) electrons. The molecule has 20 heavy (non-hydrogen) atoms. The lowest BCUT2D eigenvalue weighted by Gasteiger charge is -2.38. The van der Waals surface area contributed by atoms with Crippen LogP contribution in [0.15, 0.2) is 24.3 Å². The van der Waals surface area contributed by atoms with Gasteiger partial charge in [0.15, 0.2) is 0 Å². The predicted octanol–water partition coefficient (Wildman–Crippen LogP) is 2.30. The molecule has 0 spiro atoms. The van der Waals surface area contributed by atoms with Crippen molar-refractivity contribution in [3.63, 3.8) is 0 Å². The van der Waals surface area contributed by atoms with Crippen molar-refractivity contribution in [2.24, 2.45) is 11.7 Å². The van der Waals surface area contributed by atoms with Gasteiger partial charge in [0, 0.05) is 32.1 Å². The lowest BCUT2D eigenvalue weighted by atomic mass is 10.1. The second kappa shape index (κ2) is 8.35. The SMILES string of the molecule is CCN1CCN(C(=O)C(C)CN)c2ccccc21.Cl.Cl. The molecule has 0 aromatic heterocycles. The van der Waals surface area contributed by atoms with E-state index in [2.05, 4.69) is 17.9 Å². The highest BCUT2D eigenvalue weighted by atomic mass is 35.5. The van der Waals surface area contributed by atoms with Crippen LogP contribution >= 0.6 is 24.8 Å². The molecule has 6 heteroatoms. The number of likely N-dealkylation sites (N-methyl/N-ethyl adjacent to an activating group) is 1. The van der Waals surface area contributed by atoms with Crippen LogP contribution in [0.2, 0.25) is 0 Å². The summed E-state index contributed by atoms with van der Waals surface area (Å²) in [5.41, 5.74) is 7.75. The number of benzene rings is 1. The third kappa shape index (κ3) is 3.57. The van der Waals surface area contributed by atoms with Crippen molar-refractivity contribution in [1.82, 2.24) is 0 Å². The minimum absolute atomic E-state index is 0. The molecule has 1 aromatic rings. The summed E-state index contributed by atoms with van der Waals surface area (Å²) in [5.74, 6) is 0.00642. The Labute approximate surface area is 133 Å². The van der Waals surface area contributed by atoms with Crippen LogP contribution < -0.4 is 15.5 Å². The van der Waals surface area contributed by atoms with Crippen molar-refractivity contribution in [2.45, 2.75) is 13.8 Å². The number of nitrogens with zero attached hydrogens (tertiary/aromatic N) is 2. The number of halogens is 2. The van der Waals surface area contributed by atoms with Gasteiger partial charge >= 0.3 is 0 Å². The van der Waals surface area contributed by atoms with Gasteiger partial charge in [0.25, 0.3) is 0 Å². The minimum atomic E-state index is -0.119. The molecule has 1 amide bonds.